The van der Waals surface area contributed by atoms with Gasteiger partial charge in [0.1, 0.15) is 6.61 Å². The fraction of sp³-hybridized carbons (Fsp3) is 0.636. The molecule has 1 aromatic rings. The lowest BCUT2D eigenvalue weighted by Crippen LogP contribution is -2.63. The van der Waals surface area contributed by atoms with Crippen molar-refractivity contribution < 1.29 is 14.3 Å². The van der Waals surface area contributed by atoms with Crippen LogP contribution in [0.1, 0.15) is 37.7 Å². The van der Waals surface area contributed by atoms with Gasteiger partial charge < -0.3 is 14.5 Å². The third kappa shape index (κ3) is 4.43. The van der Waals surface area contributed by atoms with Crippen molar-refractivity contribution in [3.63, 3.8) is 0 Å². The van der Waals surface area contributed by atoms with Gasteiger partial charge in [-0.25, -0.2) is 15.6 Å². The molecule has 0 bridgehead atoms. The number of halogens is 2. The van der Waals surface area contributed by atoms with Gasteiger partial charge in [-0.1, -0.05) is 29.3 Å². The maximum absolute atomic E-state index is 13.0. The minimum absolute atomic E-state index is 0.109. The normalized spacial score (nSPS) is 28.9. The summed E-state index contributed by atoms with van der Waals surface area (Å²) in [7, 11) is 0. The lowest BCUT2D eigenvalue weighted by Gasteiger charge is -2.54. The number of nitrogens with one attached hydrogen (secondary N) is 3. The van der Waals surface area contributed by atoms with Crippen LogP contribution >= 0.6 is 23.2 Å². The minimum atomic E-state index is -0.318. The molecule has 3 aliphatic heterocycles. The van der Waals surface area contributed by atoms with Gasteiger partial charge in [0.15, 0.2) is 0 Å². The molecule has 4 fully saturated rings. The molecule has 1 aromatic carbocycles. The fourth-order valence-electron chi connectivity index (χ4n) is 5.48. The Balaban J connectivity index is 1.06. The van der Waals surface area contributed by atoms with Crippen molar-refractivity contribution in [2.24, 2.45) is 11.3 Å². The molecule has 3 saturated heterocycles. The predicted molar refractivity (Wildman–Crippen MR) is 121 cm³/mol. The molecule has 2 amide bonds. The molecule has 0 aromatic heterocycles. The molecule has 5 rings (SSSR count). The van der Waals surface area contributed by atoms with Crippen LogP contribution in [0.4, 0.5) is 4.79 Å². The largest absolute Gasteiger partial charge is 0.444 e. The van der Waals surface area contributed by atoms with Gasteiger partial charge in [0.25, 0.3) is 0 Å². The third-order valence-corrected chi connectivity index (χ3v) is 8.11. The van der Waals surface area contributed by atoms with Gasteiger partial charge >= 0.3 is 6.09 Å². The van der Waals surface area contributed by atoms with Crippen molar-refractivity contribution in [2.45, 2.75) is 50.8 Å². The van der Waals surface area contributed by atoms with Crippen LogP contribution in [-0.2, 0) is 16.1 Å². The lowest BCUT2D eigenvalue weighted by molar-refractivity contribution is -0.152. The van der Waals surface area contributed by atoms with Crippen molar-refractivity contribution >= 4 is 35.2 Å². The molecule has 10 heteroatoms. The summed E-state index contributed by atoms with van der Waals surface area (Å²) in [5, 5.41) is 1.04. The summed E-state index contributed by atoms with van der Waals surface area (Å²) in [5.41, 5.74) is 10.3. The second-order valence-electron chi connectivity index (χ2n) is 9.61. The quantitative estimate of drug-likeness (QED) is 0.615. The highest BCUT2D eigenvalue weighted by Crippen LogP contribution is 2.42. The predicted octanol–water partition coefficient (Wildman–Crippen LogP) is 2.70. The number of carbonyl (C=O) groups excluding carboxylic acids is 2. The van der Waals surface area contributed by atoms with Crippen molar-refractivity contribution in [1.29, 1.82) is 0 Å². The second-order valence-corrected chi connectivity index (χ2v) is 10.5. The smallest absolute Gasteiger partial charge is 0.410 e. The Morgan fingerprint density at radius 1 is 1.06 bits per heavy atom. The zero-order valence-electron chi connectivity index (χ0n) is 17.9. The van der Waals surface area contributed by atoms with Crippen molar-refractivity contribution in [3.8, 4) is 0 Å². The summed E-state index contributed by atoms with van der Waals surface area (Å²) >= 11 is 12.1. The molecule has 174 valence electrons. The number of hydrazine groups is 2. The van der Waals surface area contributed by atoms with Crippen LogP contribution in [0.3, 0.4) is 0 Å². The van der Waals surface area contributed by atoms with Crippen LogP contribution in [0.5, 0.6) is 0 Å². The van der Waals surface area contributed by atoms with E-state index in [0.717, 1.165) is 50.8 Å². The maximum Gasteiger partial charge on any atom is 0.410 e. The molecule has 4 aliphatic rings. The summed E-state index contributed by atoms with van der Waals surface area (Å²) in [6.07, 6.45) is 4.32. The van der Waals surface area contributed by atoms with E-state index in [2.05, 4.69) is 16.4 Å². The summed E-state index contributed by atoms with van der Waals surface area (Å²) in [6, 6.07) is 5.89. The number of hydrogen-bond donors (Lipinski definition) is 3. The number of nitrogens with zero attached hydrogens (tertiary/aromatic N) is 2. The van der Waals surface area contributed by atoms with Crippen LogP contribution in [0.25, 0.3) is 0 Å². The standard InChI is InChI=1S/C22H29Cl2N5O3/c23-16-3-1-15(17(24)10-16)11-32-21(31)28-7-5-22(6-8-28)12-29(13-22)20(30)14-2-4-18-19(9-14)26-27-25-18/h1,3,10,14,18-19,25-27H,2,4-9,11-13H2. The van der Waals surface area contributed by atoms with Crippen LogP contribution in [-0.4, -0.2) is 60.1 Å². The summed E-state index contributed by atoms with van der Waals surface area (Å²) < 4.78 is 5.46. The summed E-state index contributed by atoms with van der Waals surface area (Å²) in [5.74, 6) is 0.405. The van der Waals surface area contributed by atoms with Gasteiger partial charge in [0.2, 0.25) is 5.91 Å². The Kier molecular flexibility index (Phi) is 6.24. The first-order valence-corrected chi connectivity index (χ1v) is 12.1. The molecule has 3 unspecified atom stereocenters. The molecule has 3 atom stereocenters. The summed E-state index contributed by atoms with van der Waals surface area (Å²) in [6.45, 7) is 3.06. The van der Waals surface area contributed by atoms with E-state index in [-0.39, 0.29) is 24.0 Å². The highest BCUT2D eigenvalue weighted by Gasteiger charge is 2.49. The Hall–Kier alpha value is -1.58. The van der Waals surface area contributed by atoms with E-state index in [9.17, 15) is 9.59 Å². The zero-order chi connectivity index (χ0) is 22.3. The van der Waals surface area contributed by atoms with Crippen molar-refractivity contribution in [1.82, 2.24) is 26.2 Å². The molecule has 3 heterocycles. The van der Waals surface area contributed by atoms with Gasteiger partial charge in [-0.05, 0) is 44.2 Å². The van der Waals surface area contributed by atoms with Crippen molar-refractivity contribution in [3.05, 3.63) is 33.8 Å². The lowest BCUT2D eigenvalue weighted by atomic mass is 9.71. The number of amides is 2. The van der Waals surface area contributed by atoms with E-state index in [1.807, 2.05) is 4.90 Å². The topological polar surface area (TPSA) is 85.9 Å². The van der Waals surface area contributed by atoms with Crippen molar-refractivity contribution in [2.75, 3.05) is 26.2 Å². The van der Waals surface area contributed by atoms with Gasteiger partial charge in [-0.15, -0.1) is 0 Å². The van der Waals surface area contributed by atoms with E-state index in [4.69, 9.17) is 27.9 Å². The number of hydrogen-bond acceptors (Lipinski definition) is 6. The molecule has 1 saturated carbocycles. The number of rotatable bonds is 3. The molecule has 32 heavy (non-hydrogen) atoms. The molecular weight excluding hydrogens is 453 g/mol. The molecular formula is C22H29Cl2N5O3. The van der Waals surface area contributed by atoms with Crippen LogP contribution in [0.15, 0.2) is 18.2 Å². The number of likely N-dealkylation sites (tertiary alicyclic amines) is 2. The Labute approximate surface area is 197 Å². The third-order valence-electron chi connectivity index (χ3n) is 7.53. The van der Waals surface area contributed by atoms with Gasteiger partial charge in [0, 0.05) is 65.2 Å². The van der Waals surface area contributed by atoms with Crippen LogP contribution < -0.4 is 16.4 Å². The first kappa shape index (κ1) is 22.2. The second kappa shape index (κ2) is 8.99. The van der Waals surface area contributed by atoms with Gasteiger partial charge in [-0.2, -0.15) is 5.53 Å². The first-order valence-electron chi connectivity index (χ1n) is 11.3. The van der Waals surface area contributed by atoms with Crippen LogP contribution in [0.2, 0.25) is 10.0 Å². The highest BCUT2D eigenvalue weighted by atomic mass is 35.5. The van der Waals surface area contributed by atoms with E-state index < -0.39 is 0 Å². The van der Waals surface area contributed by atoms with E-state index in [0.29, 0.717) is 41.1 Å². The zero-order valence-corrected chi connectivity index (χ0v) is 19.4. The SMILES string of the molecule is O=C(OCc1ccc(Cl)cc1Cl)N1CCC2(CC1)CN(C(=O)C1CCC3NNNC3C1)C2. The Morgan fingerprint density at radius 2 is 1.81 bits per heavy atom. The molecule has 8 nitrogen and oxygen atoms in total. The number of fused-ring (bicyclic) bond motifs is 1. The van der Waals surface area contributed by atoms with E-state index >= 15 is 0 Å². The molecule has 1 spiro atoms. The Bertz CT molecular complexity index is 884. The summed E-state index contributed by atoms with van der Waals surface area (Å²) in [4.78, 5) is 29.3. The number of benzene rings is 1. The average Bonchev–Trinajstić information content (AvgIpc) is 3.24. The maximum atomic E-state index is 13.0. The van der Waals surface area contributed by atoms with E-state index in [1.54, 1.807) is 23.1 Å². The number of ether oxygens (including phenoxy) is 1. The van der Waals surface area contributed by atoms with Gasteiger partial charge in [0.05, 0.1) is 0 Å². The monoisotopic (exact) mass is 481 g/mol. The Morgan fingerprint density at radius 3 is 2.56 bits per heavy atom. The molecule has 3 N–H and O–H groups in total. The first-order chi connectivity index (χ1) is 15.4. The molecule has 1 aliphatic carbocycles. The highest BCUT2D eigenvalue weighted by molar-refractivity contribution is 6.35. The van der Waals surface area contributed by atoms with Gasteiger partial charge in [-0.3, -0.25) is 4.79 Å². The molecule has 0 radical (unpaired) electrons. The fourth-order valence-corrected chi connectivity index (χ4v) is 5.94. The average molecular weight is 482 g/mol. The number of piperidine rings is 1. The minimum Gasteiger partial charge on any atom is -0.444 e. The number of carbonyl (C=O) groups is 2. The van der Waals surface area contributed by atoms with E-state index in [1.165, 1.54) is 0 Å². The van der Waals surface area contributed by atoms with Crippen LogP contribution in [0, 0.1) is 11.3 Å².